The summed E-state index contributed by atoms with van der Waals surface area (Å²) in [5.41, 5.74) is 0. The normalized spacial score (nSPS) is 29.8. The van der Waals surface area contributed by atoms with Gasteiger partial charge >= 0.3 is 23.9 Å². The van der Waals surface area contributed by atoms with Crippen molar-refractivity contribution < 1.29 is 39.6 Å². The van der Waals surface area contributed by atoms with E-state index in [-0.39, 0.29) is 50.3 Å². The number of carboxylic acid groups (broad SMARTS) is 4. The van der Waals surface area contributed by atoms with Crippen LogP contribution in [-0.2, 0) is 19.2 Å². The number of hydrogen-bond donors (Lipinski definition) is 4. The quantitative estimate of drug-likeness (QED) is 0.357. The van der Waals surface area contributed by atoms with Crippen LogP contribution in [-0.4, -0.2) is 138 Å². The van der Waals surface area contributed by atoms with Crippen LogP contribution in [0.1, 0.15) is 55.4 Å². The minimum Gasteiger partial charge on any atom is -0.480 e. The molecule has 0 aromatic rings. The van der Waals surface area contributed by atoms with Crippen LogP contribution in [0.3, 0.4) is 0 Å². The topological polar surface area (TPSA) is 162 Å². The highest BCUT2D eigenvalue weighted by molar-refractivity contribution is 5.74. The van der Waals surface area contributed by atoms with Crippen LogP contribution in [0.5, 0.6) is 0 Å². The van der Waals surface area contributed by atoms with E-state index in [1.54, 1.807) is 47.3 Å². The average Bonchev–Trinajstić information content (AvgIpc) is 2.79. The number of aliphatic carboxylic acids is 4. The second-order valence-electron chi connectivity index (χ2n) is 10.2. The summed E-state index contributed by atoms with van der Waals surface area (Å²) in [4.78, 5) is 54.9. The molecule has 12 heteroatoms. The predicted octanol–water partition coefficient (Wildman–Crippen LogP) is 0.654. The molecule has 0 saturated carbocycles. The molecule has 0 aliphatic carbocycles. The summed E-state index contributed by atoms with van der Waals surface area (Å²) in [6.45, 7) is 14.5. The maximum atomic E-state index is 12.0. The first-order valence-electron chi connectivity index (χ1n) is 12.4. The summed E-state index contributed by atoms with van der Waals surface area (Å²) in [6, 6.07) is -5.06. The van der Waals surface area contributed by atoms with Gasteiger partial charge in [-0.25, -0.2) is 0 Å². The van der Waals surface area contributed by atoms with E-state index in [4.69, 9.17) is 0 Å². The number of carboxylic acids is 4. The summed E-state index contributed by atoms with van der Waals surface area (Å²) < 4.78 is 0. The molecule has 1 rings (SSSR count). The van der Waals surface area contributed by atoms with Crippen molar-refractivity contribution in [2.45, 2.75) is 104 Å². The van der Waals surface area contributed by atoms with Gasteiger partial charge in [-0.05, 0) is 55.4 Å². The Morgan fingerprint density at radius 2 is 0.611 bits per heavy atom. The zero-order valence-corrected chi connectivity index (χ0v) is 22.7. The molecule has 0 bridgehead atoms. The van der Waals surface area contributed by atoms with Crippen molar-refractivity contribution >= 4 is 23.9 Å². The van der Waals surface area contributed by atoms with Gasteiger partial charge in [0.2, 0.25) is 0 Å². The van der Waals surface area contributed by atoms with Gasteiger partial charge in [-0.2, -0.15) is 0 Å². The van der Waals surface area contributed by atoms with E-state index in [1.165, 1.54) is 0 Å². The fourth-order valence-electron chi connectivity index (χ4n) is 5.09. The lowest BCUT2D eigenvalue weighted by molar-refractivity contribution is -0.150. The molecule has 1 aliphatic heterocycles. The second-order valence-corrected chi connectivity index (χ2v) is 10.2. The molecule has 12 nitrogen and oxygen atoms in total. The van der Waals surface area contributed by atoms with E-state index in [0.29, 0.717) is 0 Å². The Kier molecular flexibility index (Phi) is 11.7. The third-order valence-corrected chi connectivity index (χ3v) is 7.58. The number of rotatable bonds is 8. The molecular formula is C24H44N4O8. The second kappa shape index (κ2) is 13.3. The minimum atomic E-state index is -1.03. The van der Waals surface area contributed by atoms with Crippen molar-refractivity contribution in [3.63, 3.8) is 0 Å². The van der Waals surface area contributed by atoms with Crippen LogP contribution in [0.4, 0.5) is 0 Å². The molecule has 1 saturated heterocycles. The molecular weight excluding hydrogens is 472 g/mol. The summed E-state index contributed by atoms with van der Waals surface area (Å²) in [7, 11) is 0. The lowest BCUT2D eigenvalue weighted by Crippen LogP contribution is -2.62. The molecule has 0 spiro atoms. The standard InChI is InChI=1S/C24H44N4O8/c1-13-9-26(18(6)22(31)32)15(3)11-28(20(8)24(35)36)16(4)12-27(19(7)23(33)34)14(2)10-25(13)17(5)21(29)30/h13-20H,9-12H2,1-8H3,(H,29,30)(H,31,32)(H,33,34)(H,35,36)/t13-,14-,15-,16-,17+,18+,19+,20+/m0/s1. The van der Waals surface area contributed by atoms with E-state index in [9.17, 15) is 39.6 Å². The van der Waals surface area contributed by atoms with Crippen LogP contribution in [0.25, 0.3) is 0 Å². The minimum absolute atomic E-state index is 0.233. The first-order valence-corrected chi connectivity index (χ1v) is 12.4. The van der Waals surface area contributed by atoms with Crippen molar-refractivity contribution in [2.75, 3.05) is 26.2 Å². The fourth-order valence-corrected chi connectivity index (χ4v) is 5.09. The third-order valence-electron chi connectivity index (χ3n) is 7.58. The highest BCUT2D eigenvalue weighted by Gasteiger charge is 2.38. The number of carbonyl (C=O) groups is 4. The van der Waals surface area contributed by atoms with Gasteiger partial charge in [0.25, 0.3) is 0 Å². The Bertz CT molecular complexity index is 668. The van der Waals surface area contributed by atoms with Gasteiger partial charge in [0.05, 0.1) is 0 Å². The van der Waals surface area contributed by atoms with Crippen molar-refractivity contribution in [3.05, 3.63) is 0 Å². The third kappa shape index (κ3) is 7.86. The predicted molar refractivity (Wildman–Crippen MR) is 133 cm³/mol. The van der Waals surface area contributed by atoms with E-state index in [1.807, 2.05) is 27.7 Å². The van der Waals surface area contributed by atoms with Gasteiger partial charge in [0.1, 0.15) is 24.2 Å². The maximum Gasteiger partial charge on any atom is 0.320 e. The first kappa shape index (κ1) is 31.7. The highest BCUT2D eigenvalue weighted by Crippen LogP contribution is 2.21. The Hall–Kier alpha value is -2.28. The zero-order valence-electron chi connectivity index (χ0n) is 22.7. The first-order chi connectivity index (χ1) is 16.5. The van der Waals surface area contributed by atoms with Gasteiger partial charge in [-0.1, -0.05) is 0 Å². The summed E-state index contributed by atoms with van der Waals surface area (Å²) in [5.74, 6) is -4.11. The van der Waals surface area contributed by atoms with Crippen molar-refractivity contribution in [3.8, 4) is 0 Å². The Labute approximate surface area is 213 Å². The summed E-state index contributed by atoms with van der Waals surface area (Å²) in [5, 5.41) is 39.1. The number of hydrogen-bond acceptors (Lipinski definition) is 8. The Morgan fingerprint density at radius 3 is 0.722 bits per heavy atom. The van der Waals surface area contributed by atoms with Crippen molar-refractivity contribution in [1.29, 1.82) is 0 Å². The van der Waals surface area contributed by atoms with Gasteiger partial charge in [-0.15, -0.1) is 0 Å². The molecule has 1 heterocycles. The summed E-state index contributed by atoms with van der Waals surface area (Å²) in [6.07, 6.45) is 0. The molecule has 0 unspecified atom stereocenters. The molecule has 1 aliphatic rings. The molecule has 0 amide bonds. The maximum absolute atomic E-state index is 12.0. The van der Waals surface area contributed by atoms with E-state index in [2.05, 4.69) is 0 Å². The highest BCUT2D eigenvalue weighted by atomic mass is 16.4. The van der Waals surface area contributed by atoms with E-state index in [0.717, 1.165) is 0 Å². The van der Waals surface area contributed by atoms with Crippen LogP contribution in [0, 0.1) is 0 Å². The smallest absolute Gasteiger partial charge is 0.320 e. The van der Waals surface area contributed by atoms with Crippen LogP contribution >= 0.6 is 0 Å². The Morgan fingerprint density at radius 1 is 0.472 bits per heavy atom. The molecule has 0 aromatic heterocycles. The van der Waals surface area contributed by atoms with Crippen molar-refractivity contribution in [2.24, 2.45) is 0 Å². The van der Waals surface area contributed by atoms with Crippen molar-refractivity contribution in [1.82, 2.24) is 19.6 Å². The van der Waals surface area contributed by atoms with Gasteiger partial charge in [0, 0.05) is 50.3 Å². The van der Waals surface area contributed by atoms with E-state index >= 15 is 0 Å². The lowest BCUT2D eigenvalue weighted by atomic mass is 10.0. The lowest BCUT2D eigenvalue weighted by Gasteiger charge is -2.46. The van der Waals surface area contributed by atoms with Gasteiger partial charge in [-0.3, -0.25) is 38.8 Å². The summed E-state index contributed by atoms with van der Waals surface area (Å²) >= 11 is 0. The molecule has 1 fully saturated rings. The van der Waals surface area contributed by atoms with Gasteiger partial charge in [0.15, 0.2) is 0 Å². The van der Waals surface area contributed by atoms with Crippen LogP contribution < -0.4 is 0 Å². The molecule has 36 heavy (non-hydrogen) atoms. The molecule has 208 valence electrons. The SMILES string of the molecule is C[C@H](C(=O)O)N1C[C@H](C)N([C@H](C)C(=O)O)C[C@H](C)N([C@H](C)C(=O)O)C[C@H](C)N([C@H](C)C(=O)O)C[C@@H]1C. The Balaban J connectivity index is 3.64. The molecule has 0 aromatic carbocycles. The van der Waals surface area contributed by atoms with Crippen LogP contribution in [0.15, 0.2) is 0 Å². The fraction of sp³-hybridized carbons (Fsp3) is 0.833. The largest absolute Gasteiger partial charge is 0.480 e. The monoisotopic (exact) mass is 516 g/mol. The molecule has 0 radical (unpaired) electrons. The van der Waals surface area contributed by atoms with Crippen LogP contribution in [0.2, 0.25) is 0 Å². The molecule has 8 atom stereocenters. The number of nitrogens with zero attached hydrogens (tertiary/aromatic N) is 4. The molecule has 4 N–H and O–H groups in total. The van der Waals surface area contributed by atoms with Gasteiger partial charge < -0.3 is 20.4 Å². The average molecular weight is 517 g/mol. The van der Waals surface area contributed by atoms with E-state index < -0.39 is 48.0 Å². The zero-order chi connectivity index (χ0) is 28.1.